The summed E-state index contributed by atoms with van der Waals surface area (Å²) >= 11 is 0. The van der Waals surface area contributed by atoms with Gasteiger partial charge in [0, 0.05) is 24.9 Å². The fourth-order valence-electron chi connectivity index (χ4n) is 2.07. The fourth-order valence-corrected chi connectivity index (χ4v) is 2.07. The van der Waals surface area contributed by atoms with Crippen molar-refractivity contribution in [1.29, 1.82) is 0 Å². The molecule has 0 unspecified atom stereocenters. The SMILES string of the molecule is CCOC1CC(NCc2cccc(N)c2)C1. The number of benzene rings is 1. The summed E-state index contributed by atoms with van der Waals surface area (Å²) in [5.74, 6) is 0. The molecule has 0 aromatic heterocycles. The van der Waals surface area contributed by atoms with Crippen LogP contribution in [0.15, 0.2) is 24.3 Å². The molecule has 0 atom stereocenters. The van der Waals surface area contributed by atoms with Crippen molar-refractivity contribution in [3.05, 3.63) is 29.8 Å². The molecule has 1 fully saturated rings. The molecule has 16 heavy (non-hydrogen) atoms. The number of nitrogen functional groups attached to an aromatic ring is 1. The number of rotatable bonds is 5. The summed E-state index contributed by atoms with van der Waals surface area (Å²) in [5, 5.41) is 3.52. The molecule has 1 aromatic carbocycles. The van der Waals surface area contributed by atoms with Gasteiger partial charge >= 0.3 is 0 Å². The predicted octanol–water partition coefficient (Wildman–Crippen LogP) is 1.93. The van der Waals surface area contributed by atoms with Crippen LogP contribution in [0.4, 0.5) is 5.69 Å². The highest BCUT2D eigenvalue weighted by atomic mass is 16.5. The van der Waals surface area contributed by atoms with Crippen LogP contribution in [-0.4, -0.2) is 18.8 Å². The van der Waals surface area contributed by atoms with Gasteiger partial charge in [-0.1, -0.05) is 12.1 Å². The van der Waals surface area contributed by atoms with Crippen LogP contribution in [0.2, 0.25) is 0 Å². The third kappa shape index (κ3) is 2.97. The molecule has 1 saturated carbocycles. The maximum absolute atomic E-state index is 5.73. The number of hydrogen-bond donors (Lipinski definition) is 2. The molecule has 0 bridgehead atoms. The molecule has 2 rings (SSSR count). The Morgan fingerprint density at radius 3 is 2.94 bits per heavy atom. The molecule has 1 aliphatic rings. The lowest BCUT2D eigenvalue weighted by Crippen LogP contribution is -2.45. The third-order valence-corrected chi connectivity index (χ3v) is 3.04. The number of hydrogen-bond acceptors (Lipinski definition) is 3. The zero-order valence-electron chi connectivity index (χ0n) is 9.78. The molecule has 0 radical (unpaired) electrons. The Bertz CT molecular complexity index is 334. The summed E-state index contributed by atoms with van der Waals surface area (Å²) in [7, 11) is 0. The third-order valence-electron chi connectivity index (χ3n) is 3.04. The van der Waals surface area contributed by atoms with Crippen LogP contribution in [0.25, 0.3) is 0 Å². The van der Waals surface area contributed by atoms with Crippen molar-refractivity contribution in [2.24, 2.45) is 0 Å². The molecule has 0 aliphatic heterocycles. The summed E-state index contributed by atoms with van der Waals surface area (Å²) in [6.45, 7) is 3.77. The molecule has 3 nitrogen and oxygen atoms in total. The van der Waals surface area contributed by atoms with E-state index in [9.17, 15) is 0 Å². The zero-order chi connectivity index (χ0) is 11.4. The Morgan fingerprint density at radius 2 is 2.25 bits per heavy atom. The van der Waals surface area contributed by atoms with Gasteiger partial charge in [0.05, 0.1) is 6.10 Å². The second-order valence-electron chi connectivity index (χ2n) is 4.37. The second-order valence-corrected chi connectivity index (χ2v) is 4.37. The van der Waals surface area contributed by atoms with Gasteiger partial charge in [-0.3, -0.25) is 0 Å². The minimum atomic E-state index is 0.475. The van der Waals surface area contributed by atoms with Gasteiger partial charge in [-0.25, -0.2) is 0 Å². The normalized spacial score (nSPS) is 24.1. The average molecular weight is 220 g/mol. The molecule has 0 saturated heterocycles. The number of nitrogens with one attached hydrogen (secondary N) is 1. The molecule has 0 heterocycles. The van der Waals surface area contributed by atoms with Gasteiger partial charge in [-0.15, -0.1) is 0 Å². The Labute approximate surface area is 97.0 Å². The average Bonchev–Trinajstić information content (AvgIpc) is 2.21. The van der Waals surface area contributed by atoms with Crippen LogP contribution >= 0.6 is 0 Å². The van der Waals surface area contributed by atoms with Gasteiger partial charge in [0.15, 0.2) is 0 Å². The Kier molecular flexibility index (Phi) is 3.80. The Balaban J connectivity index is 1.69. The largest absolute Gasteiger partial charge is 0.399 e. The summed E-state index contributed by atoms with van der Waals surface area (Å²) in [5.41, 5.74) is 7.81. The summed E-state index contributed by atoms with van der Waals surface area (Å²) < 4.78 is 5.52. The van der Waals surface area contributed by atoms with E-state index in [1.165, 1.54) is 5.56 Å². The molecule has 0 spiro atoms. The van der Waals surface area contributed by atoms with E-state index >= 15 is 0 Å². The molecule has 3 N–H and O–H groups in total. The number of ether oxygens (including phenoxy) is 1. The lowest BCUT2D eigenvalue weighted by molar-refractivity contribution is -0.0102. The van der Waals surface area contributed by atoms with E-state index in [1.54, 1.807) is 0 Å². The molecule has 3 heteroatoms. The standard InChI is InChI=1S/C13H20N2O/c1-2-16-13-7-12(8-13)15-9-10-4-3-5-11(14)6-10/h3-6,12-13,15H,2,7-9,14H2,1H3. The first-order valence-corrected chi connectivity index (χ1v) is 5.97. The van der Waals surface area contributed by atoms with Crippen LogP contribution in [0.5, 0.6) is 0 Å². The van der Waals surface area contributed by atoms with E-state index in [-0.39, 0.29) is 0 Å². The monoisotopic (exact) mass is 220 g/mol. The summed E-state index contributed by atoms with van der Waals surface area (Å²) in [6.07, 6.45) is 2.75. The maximum atomic E-state index is 5.73. The van der Waals surface area contributed by atoms with Crippen molar-refractivity contribution < 1.29 is 4.74 Å². The Morgan fingerprint density at radius 1 is 1.44 bits per heavy atom. The topological polar surface area (TPSA) is 47.3 Å². The van der Waals surface area contributed by atoms with Gasteiger partial charge in [0.1, 0.15) is 0 Å². The minimum Gasteiger partial charge on any atom is -0.399 e. The molecule has 1 aliphatic carbocycles. The lowest BCUT2D eigenvalue weighted by Gasteiger charge is -2.35. The van der Waals surface area contributed by atoms with Gasteiger partial charge in [-0.05, 0) is 37.5 Å². The summed E-state index contributed by atoms with van der Waals surface area (Å²) in [4.78, 5) is 0. The van der Waals surface area contributed by atoms with Gasteiger partial charge < -0.3 is 15.8 Å². The zero-order valence-corrected chi connectivity index (χ0v) is 9.78. The highest BCUT2D eigenvalue weighted by Crippen LogP contribution is 2.23. The first kappa shape index (κ1) is 11.4. The Hall–Kier alpha value is -1.06. The van der Waals surface area contributed by atoms with Crippen LogP contribution in [0.3, 0.4) is 0 Å². The van der Waals surface area contributed by atoms with E-state index in [1.807, 2.05) is 25.1 Å². The molecular formula is C13H20N2O. The number of anilines is 1. The van der Waals surface area contributed by atoms with E-state index in [4.69, 9.17) is 10.5 Å². The molecule has 0 amide bonds. The quantitative estimate of drug-likeness (QED) is 0.745. The fraction of sp³-hybridized carbons (Fsp3) is 0.538. The van der Waals surface area contributed by atoms with Gasteiger partial charge in [0.2, 0.25) is 0 Å². The minimum absolute atomic E-state index is 0.475. The predicted molar refractivity (Wildman–Crippen MR) is 66.1 cm³/mol. The van der Waals surface area contributed by atoms with Crippen LogP contribution in [0.1, 0.15) is 25.3 Å². The van der Waals surface area contributed by atoms with Crippen molar-refractivity contribution >= 4 is 5.69 Å². The number of nitrogens with two attached hydrogens (primary N) is 1. The van der Waals surface area contributed by atoms with E-state index in [2.05, 4.69) is 11.4 Å². The lowest BCUT2D eigenvalue weighted by atomic mass is 9.89. The van der Waals surface area contributed by atoms with Crippen molar-refractivity contribution in [3.8, 4) is 0 Å². The maximum Gasteiger partial charge on any atom is 0.0604 e. The van der Waals surface area contributed by atoms with Gasteiger partial charge in [0.25, 0.3) is 0 Å². The highest BCUT2D eigenvalue weighted by molar-refractivity contribution is 5.40. The van der Waals surface area contributed by atoms with Gasteiger partial charge in [-0.2, -0.15) is 0 Å². The smallest absolute Gasteiger partial charge is 0.0604 e. The van der Waals surface area contributed by atoms with Crippen LogP contribution in [-0.2, 0) is 11.3 Å². The highest BCUT2D eigenvalue weighted by Gasteiger charge is 2.28. The van der Waals surface area contributed by atoms with Crippen LogP contribution in [0, 0.1) is 0 Å². The molecule has 88 valence electrons. The second kappa shape index (κ2) is 5.32. The van der Waals surface area contributed by atoms with E-state index < -0.39 is 0 Å². The first-order valence-electron chi connectivity index (χ1n) is 5.97. The van der Waals surface area contributed by atoms with E-state index in [0.717, 1.165) is 31.7 Å². The summed E-state index contributed by atoms with van der Waals surface area (Å²) in [6, 6.07) is 8.64. The molecular weight excluding hydrogens is 200 g/mol. The van der Waals surface area contributed by atoms with Crippen molar-refractivity contribution in [3.63, 3.8) is 0 Å². The van der Waals surface area contributed by atoms with Crippen molar-refractivity contribution in [1.82, 2.24) is 5.32 Å². The first-order chi connectivity index (χ1) is 7.78. The van der Waals surface area contributed by atoms with Crippen LogP contribution < -0.4 is 11.1 Å². The molecule has 1 aromatic rings. The van der Waals surface area contributed by atoms with Crippen molar-refractivity contribution in [2.75, 3.05) is 12.3 Å². The van der Waals surface area contributed by atoms with Crippen molar-refractivity contribution in [2.45, 2.75) is 38.5 Å². The van der Waals surface area contributed by atoms with E-state index in [0.29, 0.717) is 12.1 Å².